The van der Waals surface area contributed by atoms with E-state index in [9.17, 15) is 13.2 Å². The number of hydroxylamine groups is 1. The van der Waals surface area contributed by atoms with Gasteiger partial charge in [-0.1, -0.05) is 0 Å². The molecule has 0 aromatic carbocycles. The van der Waals surface area contributed by atoms with Gasteiger partial charge in [0.1, 0.15) is 0 Å². The molecule has 1 N–H and O–H groups in total. The molecule has 0 heterocycles. The van der Waals surface area contributed by atoms with Gasteiger partial charge < -0.3 is 4.84 Å². The molecule has 0 amide bonds. The van der Waals surface area contributed by atoms with Crippen molar-refractivity contribution in [1.82, 2.24) is 5.48 Å². The van der Waals surface area contributed by atoms with Crippen molar-refractivity contribution in [2.24, 2.45) is 0 Å². The SMILES string of the molecule is CONCC(F)(F)C(C)(C)F. The van der Waals surface area contributed by atoms with Gasteiger partial charge in [-0.05, 0) is 13.8 Å². The Morgan fingerprint density at radius 3 is 2.00 bits per heavy atom. The molecule has 2 nitrogen and oxygen atoms in total. The zero-order chi connectivity index (χ0) is 9.12. The van der Waals surface area contributed by atoms with Gasteiger partial charge in [-0.15, -0.1) is 0 Å². The summed E-state index contributed by atoms with van der Waals surface area (Å²) in [6, 6.07) is 0. The van der Waals surface area contributed by atoms with Crippen molar-refractivity contribution < 1.29 is 18.0 Å². The van der Waals surface area contributed by atoms with E-state index in [0.717, 1.165) is 13.8 Å². The molecule has 0 rings (SSSR count). The molecule has 0 aliphatic rings. The second-order valence-electron chi connectivity index (χ2n) is 2.70. The summed E-state index contributed by atoms with van der Waals surface area (Å²) in [6.45, 7) is 0.821. The minimum Gasteiger partial charge on any atom is -0.305 e. The maximum absolute atomic E-state index is 12.6. The van der Waals surface area contributed by atoms with E-state index in [0.29, 0.717) is 0 Å². The molecule has 0 bridgehead atoms. The summed E-state index contributed by atoms with van der Waals surface area (Å²) < 4.78 is 37.8. The highest BCUT2D eigenvalue weighted by Crippen LogP contribution is 2.30. The first-order valence-corrected chi connectivity index (χ1v) is 3.14. The van der Waals surface area contributed by atoms with Crippen molar-refractivity contribution in [1.29, 1.82) is 0 Å². The van der Waals surface area contributed by atoms with Crippen LogP contribution in [0.15, 0.2) is 0 Å². The van der Waals surface area contributed by atoms with Crippen LogP contribution < -0.4 is 5.48 Å². The third-order valence-corrected chi connectivity index (χ3v) is 1.31. The zero-order valence-corrected chi connectivity index (χ0v) is 6.75. The van der Waals surface area contributed by atoms with Gasteiger partial charge in [0.05, 0.1) is 13.7 Å². The van der Waals surface area contributed by atoms with Crippen LogP contribution in [0.2, 0.25) is 0 Å². The van der Waals surface area contributed by atoms with Crippen LogP contribution in [0.25, 0.3) is 0 Å². The van der Waals surface area contributed by atoms with Gasteiger partial charge >= 0.3 is 0 Å². The second-order valence-corrected chi connectivity index (χ2v) is 2.70. The highest BCUT2D eigenvalue weighted by molar-refractivity contribution is 4.86. The molecule has 0 atom stereocenters. The lowest BCUT2D eigenvalue weighted by Crippen LogP contribution is -2.46. The number of nitrogens with one attached hydrogen (secondary N) is 1. The van der Waals surface area contributed by atoms with E-state index in [2.05, 4.69) is 4.84 Å². The second kappa shape index (κ2) is 3.40. The Balaban J connectivity index is 4.00. The summed E-state index contributed by atoms with van der Waals surface area (Å²) in [5, 5.41) is 0. The molecular weight excluding hydrogens is 159 g/mol. The first-order valence-electron chi connectivity index (χ1n) is 3.14. The highest BCUT2D eigenvalue weighted by Gasteiger charge is 2.47. The molecule has 0 aliphatic heterocycles. The Kier molecular flexibility index (Phi) is 3.31. The first-order chi connectivity index (χ1) is 4.81. The van der Waals surface area contributed by atoms with Crippen LogP contribution in [0.1, 0.15) is 13.8 Å². The van der Waals surface area contributed by atoms with Crippen LogP contribution in [0.5, 0.6) is 0 Å². The van der Waals surface area contributed by atoms with Crippen molar-refractivity contribution in [3.8, 4) is 0 Å². The topological polar surface area (TPSA) is 21.3 Å². The number of alkyl halides is 3. The average Bonchev–Trinajstić information content (AvgIpc) is 1.81. The number of halogens is 3. The van der Waals surface area contributed by atoms with Crippen molar-refractivity contribution in [2.45, 2.75) is 25.4 Å². The predicted octanol–water partition coefficient (Wildman–Crippen LogP) is 1.52. The van der Waals surface area contributed by atoms with Crippen molar-refractivity contribution in [3.63, 3.8) is 0 Å². The predicted molar refractivity (Wildman–Crippen MR) is 35.1 cm³/mol. The molecule has 0 saturated heterocycles. The quantitative estimate of drug-likeness (QED) is 0.647. The van der Waals surface area contributed by atoms with E-state index in [1.165, 1.54) is 7.11 Å². The lowest BCUT2D eigenvalue weighted by atomic mass is 10.0. The Labute approximate surface area is 63.7 Å². The molecule has 0 saturated carbocycles. The van der Waals surface area contributed by atoms with E-state index in [1.807, 2.05) is 5.48 Å². The van der Waals surface area contributed by atoms with Crippen molar-refractivity contribution >= 4 is 0 Å². The van der Waals surface area contributed by atoms with Gasteiger partial charge in [-0.2, -0.15) is 5.48 Å². The maximum atomic E-state index is 12.6. The van der Waals surface area contributed by atoms with Crippen LogP contribution in [0, 0.1) is 0 Å². The van der Waals surface area contributed by atoms with E-state index in [4.69, 9.17) is 0 Å². The van der Waals surface area contributed by atoms with Gasteiger partial charge in [0.25, 0.3) is 5.92 Å². The Hall–Kier alpha value is -0.290. The van der Waals surface area contributed by atoms with Gasteiger partial charge in [0, 0.05) is 0 Å². The van der Waals surface area contributed by atoms with Crippen molar-refractivity contribution in [2.75, 3.05) is 13.7 Å². The fourth-order valence-corrected chi connectivity index (χ4v) is 0.373. The fourth-order valence-electron chi connectivity index (χ4n) is 0.373. The van der Waals surface area contributed by atoms with Crippen LogP contribution in [-0.4, -0.2) is 25.2 Å². The average molecular weight is 171 g/mol. The normalized spacial score (nSPS) is 13.6. The minimum atomic E-state index is -3.41. The van der Waals surface area contributed by atoms with Crippen molar-refractivity contribution in [3.05, 3.63) is 0 Å². The van der Waals surface area contributed by atoms with Gasteiger partial charge in [0.15, 0.2) is 5.67 Å². The minimum absolute atomic E-state index is 0.824. The van der Waals surface area contributed by atoms with Gasteiger partial charge in [-0.25, -0.2) is 13.2 Å². The van der Waals surface area contributed by atoms with Crippen LogP contribution >= 0.6 is 0 Å². The largest absolute Gasteiger partial charge is 0.305 e. The monoisotopic (exact) mass is 171 g/mol. The van der Waals surface area contributed by atoms with Crippen LogP contribution in [-0.2, 0) is 4.84 Å². The summed E-state index contributed by atoms with van der Waals surface area (Å²) >= 11 is 0. The summed E-state index contributed by atoms with van der Waals surface area (Å²) in [7, 11) is 1.20. The molecule has 68 valence electrons. The number of hydrogen-bond donors (Lipinski definition) is 1. The lowest BCUT2D eigenvalue weighted by molar-refractivity contribution is -0.135. The van der Waals surface area contributed by atoms with E-state index in [-0.39, 0.29) is 0 Å². The van der Waals surface area contributed by atoms with Gasteiger partial charge in [-0.3, -0.25) is 0 Å². The molecule has 5 heteroatoms. The smallest absolute Gasteiger partial charge is 0.295 e. The maximum Gasteiger partial charge on any atom is 0.295 e. The molecule has 0 aliphatic carbocycles. The first kappa shape index (κ1) is 10.7. The molecule has 0 unspecified atom stereocenters. The van der Waals surface area contributed by atoms with E-state index in [1.54, 1.807) is 0 Å². The summed E-state index contributed by atoms with van der Waals surface area (Å²) in [6.07, 6.45) is 0. The molecule has 0 spiro atoms. The Morgan fingerprint density at radius 2 is 1.73 bits per heavy atom. The molecule has 11 heavy (non-hydrogen) atoms. The van der Waals surface area contributed by atoms with E-state index < -0.39 is 18.1 Å². The summed E-state index contributed by atoms with van der Waals surface area (Å²) in [5.74, 6) is -3.41. The third-order valence-electron chi connectivity index (χ3n) is 1.31. The molecular formula is C6H12F3NO. The lowest BCUT2D eigenvalue weighted by Gasteiger charge is -2.26. The number of hydrogen-bond acceptors (Lipinski definition) is 2. The third kappa shape index (κ3) is 3.07. The molecule has 0 aromatic rings. The van der Waals surface area contributed by atoms with Crippen LogP contribution in [0.4, 0.5) is 13.2 Å². The van der Waals surface area contributed by atoms with Crippen LogP contribution in [0.3, 0.4) is 0 Å². The Bertz CT molecular complexity index is 121. The number of rotatable bonds is 4. The van der Waals surface area contributed by atoms with E-state index >= 15 is 0 Å². The highest BCUT2D eigenvalue weighted by atomic mass is 19.3. The Morgan fingerprint density at radius 1 is 1.27 bits per heavy atom. The summed E-state index contributed by atoms with van der Waals surface area (Å²) in [5.41, 5.74) is -0.624. The van der Waals surface area contributed by atoms with Gasteiger partial charge in [0.2, 0.25) is 0 Å². The molecule has 0 radical (unpaired) electrons. The standard InChI is InChI=1S/C6H12F3NO/c1-5(2,7)6(8,9)4-10-11-3/h10H,4H2,1-3H3. The molecule has 0 fully saturated rings. The molecule has 0 aromatic heterocycles. The zero-order valence-electron chi connectivity index (χ0n) is 6.75. The summed E-state index contributed by atoms with van der Waals surface area (Å²) in [4.78, 5) is 4.18. The fraction of sp³-hybridized carbons (Fsp3) is 1.00.